The average molecular weight is 207 g/mol. The third-order valence-electron chi connectivity index (χ3n) is 2.06. The largest absolute Gasteiger partial charge is 0.334 e. The van der Waals surface area contributed by atoms with Gasteiger partial charge in [-0.3, -0.25) is 0 Å². The maximum absolute atomic E-state index is 13.0. The molecule has 0 aliphatic carbocycles. The van der Waals surface area contributed by atoms with Crippen LogP contribution in [0, 0.1) is 12.7 Å². The summed E-state index contributed by atoms with van der Waals surface area (Å²) >= 11 is 0. The molecule has 0 unspecified atom stereocenters. The Hall–Kier alpha value is -1.75. The predicted molar refractivity (Wildman–Crippen MR) is 52.3 cm³/mol. The van der Waals surface area contributed by atoms with Gasteiger partial charge in [0.05, 0.1) is 6.54 Å². The van der Waals surface area contributed by atoms with Crippen LogP contribution in [0.25, 0.3) is 11.5 Å². The molecule has 0 fully saturated rings. The van der Waals surface area contributed by atoms with Gasteiger partial charge in [-0.2, -0.15) is 4.98 Å². The highest BCUT2D eigenvalue weighted by atomic mass is 19.1. The van der Waals surface area contributed by atoms with Crippen molar-refractivity contribution in [3.05, 3.63) is 35.4 Å². The van der Waals surface area contributed by atoms with Gasteiger partial charge in [0.25, 0.3) is 5.89 Å². The van der Waals surface area contributed by atoms with Crippen molar-refractivity contribution in [2.75, 3.05) is 0 Å². The summed E-state index contributed by atoms with van der Waals surface area (Å²) in [4.78, 5) is 4.04. The molecule has 0 saturated carbocycles. The fourth-order valence-corrected chi connectivity index (χ4v) is 1.23. The van der Waals surface area contributed by atoms with Crippen LogP contribution in [0.3, 0.4) is 0 Å². The van der Waals surface area contributed by atoms with Gasteiger partial charge in [-0.25, -0.2) is 4.39 Å². The van der Waals surface area contributed by atoms with Gasteiger partial charge in [0.15, 0.2) is 5.82 Å². The molecule has 2 N–H and O–H groups in total. The van der Waals surface area contributed by atoms with E-state index in [4.69, 9.17) is 10.3 Å². The number of rotatable bonds is 2. The van der Waals surface area contributed by atoms with Gasteiger partial charge in [-0.05, 0) is 30.7 Å². The Bertz CT molecular complexity index is 481. The van der Waals surface area contributed by atoms with E-state index in [0.717, 1.165) is 0 Å². The lowest BCUT2D eigenvalue weighted by molar-refractivity contribution is 0.422. The second-order valence-corrected chi connectivity index (χ2v) is 3.18. The molecule has 0 saturated heterocycles. The Morgan fingerprint density at radius 3 is 2.87 bits per heavy atom. The quantitative estimate of drug-likeness (QED) is 0.813. The van der Waals surface area contributed by atoms with Crippen LogP contribution in [0.15, 0.2) is 22.7 Å². The number of hydrogen-bond acceptors (Lipinski definition) is 4. The molecule has 0 atom stereocenters. The van der Waals surface area contributed by atoms with Crippen molar-refractivity contribution in [1.29, 1.82) is 0 Å². The average Bonchev–Trinajstić information content (AvgIpc) is 2.70. The lowest BCUT2D eigenvalue weighted by Gasteiger charge is -1.97. The summed E-state index contributed by atoms with van der Waals surface area (Å²) in [7, 11) is 0. The number of aromatic nitrogens is 2. The molecule has 4 nitrogen and oxygen atoms in total. The number of aryl methyl sites for hydroxylation is 1. The normalized spacial score (nSPS) is 10.6. The molecule has 15 heavy (non-hydrogen) atoms. The lowest BCUT2D eigenvalue weighted by atomic mass is 10.1. The van der Waals surface area contributed by atoms with Gasteiger partial charge in [0.1, 0.15) is 5.82 Å². The van der Waals surface area contributed by atoms with Gasteiger partial charge in [0, 0.05) is 5.56 Å². The minimum atomic E-state index is -0.252. The van der Waals surface area contributed by atoms with E-state index in [1.807, 2.05) is 0 Å². The minimum absolute atomic E-state index is 0.226. The highest BCUT2D eigenvalue weighted by molar-refractivity contribution is 5.54. The smallest absolute Gasteiger partial charge is 0.257 e. The molecule has 0 aliphatic rings. The first-order valence-electron chi connectivity index (χ1n) is 4.50. The van der Waals surface area contributed by atoms with Crippen LogP contribution in [-0.4, -0.2) is 10.1 Å². The Morgan fingerprint density at radius 2 is 2.27 bits per heavy atom. The molecule has 78 valence electrons. The zero-order valence-corrected chi connectivity index (χ0v) is 8.20. The highest BCUT2D eigenvalue weighted by Crippen LogP contribution is 2.19. The molecule has 0 spiro atoms. The Labute approximate surface area is 85.9 Å². The van der Waals surface area contributed by atoms with Crippen LogP contribution in [0.1, 0.15) is 11.4 Å². The third-order valence-corrected chi connectivity index (χ3v) is 2.06. The second kappa shape index (κ2) is 3.78. The van der Waals surface area contributed by atoms with Crippen LogP contribution < -0.4 is 5.73 Å². The van der Waals surface area contributed by atoms with Crippen molar-refractivity contribution < 1.29 is 8.91 Å². The van der Waals surface area contributed by atoms with Gasteiger partial charge < -0.3 is 10.3 Å². The predicted octanol–water partition coefficient (Wildman–Crippen LogP) is 1.64. The summed E-state index contributed by atoms with van der Waals surface area (Å²) in [5.74, 6) is 0.544. The first-order valence-corrected chi connectivity index (χ1v) is 4.50. The first kappa shape index (κ1) is 9.79. The second-order valence-electron chi connectivity index (χ2n) is 3.18. The molecule has 1 heterocycles. The Morgan fingerprint density at radius 1 is 1.47 bits per heavy atom. The van der Waals surface area contributed by atoms with Crippen molar-refractivity contribution in [1.82, 2.24) is 10.1 Å². The van der Waals surface area contributed by atoms with E-state index in [0.29, 0.717) is 22.8 Å². The van der Waals surface area contributed by atoms with Crippen LogP contribution in [0.5, 0.6) is 0 Å². The van der Waals surface area contributed by atoms with Crippen molar-refractivity contribution in [2.45, 2.75) is 13.5 Å². The summed E-state index contributed by atoms with van der Waals surface area (Å²) in [5, 5.41) is 3.66. The third kappa shape index (κ3) is 1.87. The number of halogens is 1. The topological polar surface area (TPSA) is 64.9 Å². The van der Waals surface area contributed by atoms with Crippen molar-refractivity contribution in [3.63, 3.8) is 0 Å². The van der Waals surface area contributed by atoms with Gasteiger partial charge in [-0.15, -0.1) is 0 Å². The van der Waals surface area contributed by atoms with Gasteiger partial charge in [0.2, 0.25) is 0 Å². The molecule has 1 aromatic carbocycles. The van der Waals surface area contributed by atoms with E-state index in [2.05, 4.69) is 10.1 Å². The lowest BCUT2D eigenvalue weighted by Crippen LogP contribution is -1.97. The van der Waals surface area contributed by atoms with Crippen LogP contribution in [0.4, 0.5) is 4.39 Å². The maximum Gasteiger partial charge on any atom is 0.257 e. The van der Waals surface area contributed by atoms with E-state index >= 15 is 0 Å². The monoisotopic (exact) mass is 207 g/mol. The zero-order valence-electron chi connectivity index (χ0n) is 8.20. The standard InChI is InChI=1S/C10H10FN3O/c1-6-4-7(2-3-8(6)11)10-13-9(5-12)14-15-10/h2-4H,5,12H2,1H3. The maximum atomic E-state index is 13.0. The number of nitrogens with zero attached hydrogens (tertiary/aromatic N) is 2. The minimum Gasteiger partial charge on any atom is -0.334 e. The van der Waals surface area contributed by atoms with E-state index in [-0.39, 0.29) is 12.4 Å². The summed E-state index contributed by atoms with van der Waals surface area (Å²) in [6.07, 6.45) is 0. The highest BCUT2D eigenvalue weighted by Gasteiger charge is 2.08. The van der Waals surface area contributed by atoms with E-state index < -0.39 is 0 Å². The number of hydrogen-bond donors (Lipinski definition) is 1. The van der Waals surface area contributed by atoms with Crippen molar-refractivity contribution in [2.24, 2.45) is 5.73 Å². The number of nitrogens with two attached hydrogens (primary N) is 1. The molecular weight excluding hydrogens is 197 g/mol. The fourth-order valence-electron chi connectivity index (χ4n) is 1.23. The van der Waals surface area contributed by atoms with E-state index in [1.165, 1.54) is 6.07 Å². The molecular formula is C10H10FN3O. The summed E-state index contributed by atoms with van der Waals surface area (Å²) in [5.41, 5.74) is 6.59. The van der Waals surface area contributed by atoms with Crippen molar-refractivity contribution >= 4 is 0 Å². The van der Waals surface area contributed by atoms with Crippen LogP contribution >= 0.6 is 0 Å². The summed E-state index contributed by atoms with van der Waals surface area (Å²) in [6, 6.07) is 4.62. The van der Waals surface area contributed by atoms with Crippen molar-refractivity contribution in [3.8, 4) is 11.5 Å². The van der Waals surface area contributed by atoms with Crippen LogP contribution in [-0.2, 0) is 6.54 Å². The fraction of sp³-hybridized carbons (Fsp3) is 0.200. The molecule has 2 rings (SSSR count). The van der Waals surface area contributed by atoms with E-state index in [9.17, 15) is 4.39 Å². The Kier molecular flexibility index (Phi) is 2.47. The summed E-state index contributed by atoms with van der Waals surface area (Å²) in [6.45, 7) is 1.91. The molecule has 5 heteroatoms. The molecule has 0 amide bonds. The SMILES string of the molecule is Cc1cc(-c2nc(CN)no2)ccc1F. The summed E-state index contributed by atoms with van der Waals surface area (Å²) < 4.78 is 18.0. The van der Waals surface area contributed by atoms with E-state index in [1.54, 1.807) is 19.1 Å². The number of benzene rings is 1. The molecule has 0 aliphatic heterocycles. The molecule has 2 aromatic rings. The van der Waals surface area contributed by atoms with Gasteiger partial charge >= 0.3 is 0 Å². The zero-order chi connectivity index (χ0) is 10.8. The first-order chi connectivity index (χ1) is 7.20. The molecule has 0 bridgehead atoms. The molecule has 1 aromatic heterocycles. The Balaban J connectivity index is 2.40. The van der Waals surface area contributed by atoms with Gasteiger partial charge in [-0.1, -0.05) is 5.16 Å². The van der Waals surface area contributed by atoms with Crippen LogP contribution in [0.2, 0.25) is 0 Å². The molecule has 0 radical (unpaired) electrons.